The Balaban J connectivity index is 1.56. The van der Waals surface area contributed by atoms with E-state index in [1.165, 1.54) is 18.4 Å². The molecule has 0 atom stereocenters. The molecule has 0 bridgehead atoms. The zero-order valence-electron chi connectivity index (χ0n) is 11.7. The average molecular weight is 269 g/mol. The maximum absolute atomic E-state index is 12.1. The lowest BCUT2D eigenvalue weighted by molar-refractivity contribution is 0.0944. The van der Waals surface area contributed by atoms with Crippen molar-refractivity contribution in [3.63, 3.8) is 0 Å². The molecule has 20 heavy (non-hydrogen) atoms. The van der Waals surface area contributed by atoms with Crippen LogP contribution in [0.2, 0.25) is 0 Å². The van der Waals surface area contributed by atoms with Crippen molar-refractivity contribution in [2.75, 3.05) is 6.54 Å². The number of benzene rings is 1. The molecule has 0 aliphatic heterocycles. The molecule has 0 radical (unpaired) electrons. The number of hydrogen-bond donors (Lipinski definition) is 1. The van der Waals surface area contributed by atoms with Gasteiger partial charge in [-0.05, 0) is 30.9 Å². The highest BCUT2D eigenvalue weighted by Crippen LogP contribution is 2.39. The lowest BCUT2D eigenvalue weighted by Gasteiger charge is -2.05. The summed E-state index contributed by atoms with van der Waals surface area (Å²) >= 11 is 0. The van der Waals surface area contributed by atoms with Crippen LogP contribution in [0.15, 0.2) is 36.4 Å². The summed E-state index contributed by atoms with van der Waals surface area (Å²) in [5.74, 6) is 0.537. The van der Waals surface area contributed by atoms with Crippen molar-refractivity contribution in [1.82, 2.24) is 15.1 Å². The Hall–Kier alpha value is -2.10. The highest BCUT2D eigenvalue weighted by atomic mass is 16.2. The number of amides is 1. The fraction of sp³-hybridized carbons (Fsp3) is 0.375. The Morgan fingerprint density at radius 1 is 1.35 bits per heavy atom. The minimum Gasteiger partial charge on any atom is -0.350 e. The van der Waals surface area contributed by atoms with Crippen molar-refractivity contribution < 1.29 is 4.79 Å². The van der Waals surface area contributed by atoms with Gasteiger partial charge >= 0.3 is 0 Å². The SMILES string of the molecule is Cn1nc(C2CC2)cc1C(=O)NCCc1ccccc1. The monoisotopic (exact) mass is 269 g/mol. The summed E-state index contributed by atoms with van der Waals surface area (Å²) in [6, 6.07) is 12.1. The highest BCUT2D eigenvalue weighted by molar-refractivity contribution is 5.92. The van der Waals surface area contributed by atoms with Crippen molar-refractivity contribution in [2.24, 2.45) is 7.05 Å². The Bertz CT molecular complexity index is 599. The molecule has 1 aliphatic rings. The van der Waals surface area contributed by atoms with Crippen LogP contribution in [0.25, 0.3) is 0 Å². The predicted octanol–water partition coefficient (Wildman–Crippen LogP) is 2.27. The molecule has 2 aromatic rings. The van der Waals surface area contributed by atoms with Crippen molar-refractivity contribution in [3.8, 4) is 0 Å². The van der Waals surface area contributed by atoms with Crippen LogP contribution < -0.4 is 5.32 Å². The predicted molar refractivity (Wildman–Crippen MR) is 77.7 cm³/mol. The van der Waals surface area contributed by atoms with Gasteiger partial charge in [-0.3, -0.25) is 9.48 Å². The van der Waals surface area contributed by atoms with Crippen LogP contribution in [-0.4, -0.2) is 22.2 Å². The third kappa shape index (κ3) is 2.90. The topological polar surface area (TPSA) is 46.9 Å². The molecular weight excluding hydrogens is 250 g/mol. The van der Waals surface area contributed by atoms with Crippen LogP contribution in [0.5, 0.6) is 0 Å². The summed E-state index contributed by atoms with van der Waals surface area (Å²) in [5, 5.41) is 7.38. The third-order valence-electron chi connectivity index (χ3n) is 3.67. The molecule has 1 aromatic heterocycles. The molecule has 4 heteroatoms. The fourth-order valence-electron chi connectivity index (χ4n) is 2.34. The van der Waals surface area contributed by atoms with Gasteiger partial charge in [0.15, 0.2) is 0 Å². The van der Waals surface area contributed by atoms with Gasteiger partial charge in [0, 0.05) is 19.5 Å². The fourth-order valence-corrected chi connectivity index (χ4v) is 2.34. The molecule has 1 heterocycles. The molecule has 1 N–H and O–H groups in total. The van der Waals surface area contributed by atoms with E-state index in [1.807, 2.05) is 31.3 Å². The number of hydrogen-bond acceptors (Lipinski definition) is 2. The Labute approximate surface area is 118 Å². The Morgan fingerprint density at radius 3 is 2.80 bits per heavy atom. The number of carbonyl (C=O) groups is 1. The summed E-state index contributed by atoms with van der Waals surface area (Å²) in [4.78, 5) is 12.1. The van der Waals surface area contributed by atoms with Crippen LogP contribution in [0.4, 0.5) is 0 Å². The number of nitrogens with one attached hydrogen (secondary N) is 1. The first kappa shape index (κ1) is 12.9. The number of rotatable bonds is 5. The van der Waals surface area contributed by atoms with Gasteiger partial charge in [-0.1, -0.05) is 30.3 Å². The first-order valence-corrected chi connectivity index (χ1v) is 7.10. The molecule has 1 saturated carbocycles. The molecule has 3 rings (SSSR count). The summed E-state index contributed by atoms with van der Waals surface area (Å²) < 4.78 is 1.69. The van der Waals surface area contributed by atoms with E-state index < -0.39 is 0 Å². The number of carbonyl (C=O) groups excluding carboxylic acids is 1. The smallest absolute Gasteiger partial charge is 0.269 e. The number of nitrogens with zero attached hydrogens (tertiary/aromatic N) is 2. The Morgan fingerprint density at radius 2 is 2.10 bits per heavy atom. The summed E-state index contributed by atoms with van der Waals surface area (Å²) in [7, 11) is 1.83. The highest BCUT2D eigenvalue weighted by Gasteiger charge is 2.27. The molecular formula is C16H19N3O. The van der Waals surface area contributed by atoms with Crippen LogP contribution >= 0.6 is 0 Å². The van der Waals surface area contributed by atoms with E-state index in [4.69, 9.17) is 0 Å². The van der Waals surface area contributed by atoms with Gasteiger partial charge in [0.1, 0.15) is 5.69 Å². The maximum atomic E-state index is 12.1. The molecule has 104 valence electrons. The van der Waals surface area contributed by atoms with Crippen LogP contribution in [0, 0.1) is 0 Å². The summed E-state index contributed by atoms with van der Waals surface area (Å²) in [6.07, 6.45) is 3.25. The summed E-state index contributed by atoms with van der Waals surface area (Å²) in [5.41, 5.74) is 2.94. The van der Waals surface area contributed by atoms with E-state index in [1.54, 1.807) is 4.68 Å². The van der Waals surface area contributed by atoms with Crippen LogP contribution in [0.1, 0.15) is 40.5 Å². The number of aryl methyl sites for hydroxylation is 1. The van der Waals surface area contributed by atoms with Gasteiger partial charge in [0.2, 0.25) is 0 Å². The van der Waals surface area contributed by atoms with E-state index in [0.717, 1.165) is 12.1 Å². The van der Waals surface area contributed by atoms with Crippen molar-refractivity contribution in [1.29, 1.82) is 0 Å². The number of aromatic nitrogens is 2. The van der Waals surface area contributed by atoms with E-state index in [9.17, 15) is 4.79 Å². The lowest BCUT2D eigenvalue weighted by Crippen LogP contribution is -2.27. The molecule has 1 fully saturated rings. The third-order valence-corrected chi connectivity index (χ3v) is 3.67. The van der Waals surface area contributed by atoms with Crippen molar-refractivity contribution >= 4 is 5.91 Å². The molecule has 1 aromatic carbocycles. The van der Waals surface area contributed by atoms with Crippen molar-refractivity contribution in [2.45, 2.75) is 25.2 Å². The van der Waals surface area contributed by atoms with Gasteiger partial charge < -0.3 is 5.32 Å². The molecule has 0 spiro atoms. The minimum absolute atomic E-state index is 0.0390. The Kier molecular flexibility index (Phi) is 3.54. The lowest BCUT2D eigenvalue weighted by atomic mass is 10.1. The second-order valence-corrected chi connectivity index (χ2v) is 5.34. The van der Waals surface area contributed by atoms with E-state index in [-0.39, 0.29) is 5.91 Å². The van der Waals surface area contributed by atoms with Gasteiger partial charge in [-0.15, -0.1) is 0 Å². The normalized spacial score (nSPS) is 14.2. The van der Waals surface area contributed by atoms with Gasteiger partial charge in [-0.2, -0.15) is 5.10 Å². The van der Waals surface area contributed by atoms with Crippen LogP contribution in [0.3, 0.4) is 0 Å². The van der Waals surface area contributed by atoms with Crippen molar-refractivity contribution in [3.05, 3.63) is 53.3 Å². The van der Waals surface area contributed by atoms with Gasteiger partial charge in [0.25, 0.3) is 5.91 Å². The van der Waals surface area contributed by atoms with Gasteiger partial charge in [-0.25, -0.2) is 0 Å². The van der Waals surface area contributed by atoms with Gasteiger partial charge in [0.05, 0.1) is 5.69 Å². The first-order chi connectivity index (χ1) is 9.74. The minimum atomic E-state index is -0.0390. The van der Waals surface area contributed by atoms with E-state index in [2.05, 4.69) is 22.5 Å². The first-order valence-electron chi connectivity index (χ1n) is 7.10. The zero-order chi connectivity index (χ0) is 13.9. The molecule has 1 amide bonds. The van der Waals surface area contributed by atoms with Crippen LogP contribution in [-0.2, 0) is 13.5 Å². The standard InChI is InChI=1S/C16H19N3O/c1-19-15(11-14(18-19)13-7-8-13)16(20)17-10-9-12-5-3-2-4-6-12/h2-6,11,13H,7-10H2,1H3,(H,17,20). The quantitative estimate of drug-likeness (QED) is 0.905. The summed E-state index contributed by atoms with van der Waals surface area (Å²) in [6.45, 7) is 0.646. The second-order valence-electron chi connectivity index (χ2n) is 5.34. The maximum Gasteiger partial charge on any atom is 0.269 e. The largest absolute Gasteiger partial charge is 0.350 e. The molecule has 1 aliphatic carbocycles. The molecule has 0 saturated heterocycles. The average Bonchev–Trinajstić information content (AvgIpc) is 3.23. The molecule has 4 nitrogen and oxygen atoms in total. The molecule has 0 unspecified atom stereocenters. The van der Waals surface area contributed by atoms with E-state index in [0.29, 0.717) is 18.2 Å². The van der Waals surface area contributed by atoms with E-state index >= 15 is 0 Å². The zero-order valence-corrected chi connectivity index (χ0v) is 11.7. The second kappa shape index (κ2) is 5.49.